The molecule has 140 valence electrons. The molecule has 4 rings (SSSR count). The van der Waals surface area contributed by atoms with Crippen LogP contribution in [0.4, 0.5) is 8.78 Å². The minimum Gasteiger partial charge on any atom is -0.436 e. The Bertz CT molecular complexity index is 1250. The van der Waals surface area contributed by atoms with Crippen LogP contribution in [0.2, 0.25) is 10.0 Å². The van der Waals surface area contributed by atoms with E-state index in [1.165, 1.54) is 41.0 Å². The Labute approximate surface area is 167 Å². The molecule has 4 aromatic rings. The van der Waals surface area contributed by atoms with E-state index in [0.29, 0.717) is 15.8 Å². The quantitative estimate of drug-likeness (QED) is 0.426. The number of halogens is 4. The third-order valence-corrected chi connectivity index (χ3v) is 4.56. The molecule has 0 amide bonds. The number of rotatable bonds is 3. The van der Waals surface area contributed by atoms with Crippen molar-refractivity contribution in [2.45, 2.75) is 0 Å². The first-order chi connectivity index (χ1) is 13.4. The van der Waals surface area contributed by atoms with E-state index in [2.05, 4.69) is 5.10 Å². The predicted octanol–water partition coefficient (Wildman–Crippen LogP) is 5.74. The number of nitrogens with zero attached hydrogens (tertiary/aromatic N) is 2. The summed E-state index contributed by atoms with van der Waals surface area (Å²) < 4.78 is 35.4. The zero-order valence-corrected chi connectivity index (χ0v) is 15.5. The van der Waals surface area contributed by atoms with Crippen molar-refractivity contribution in [3.63, 3.8) is 0 Å². The average Bonchev–Trinajstić information content (AvgIpc) is 2.65. The molecule has 28 heavy (non-hydrogen) atoms. The van der Waals surface area contributed by atoms with Gasteiger partial charge >= 0.3 is 0 Å². The molecule has 4 nitrogen and oxygen atoms in total. The van der Waals surface area contributed by atoms with Gasteiger partial charge in [0.1, 0.15) is 17.4 Å². The third kappa shape index (κ3) is 3.32. The van der Waals surface area contributed by atoms with Gasteiger partial charge in [0, 0.05) is 23.4 Å². The highest BCUT2D eigenvalue weighted by Gasteiger charge is 2.18. The molecular weight excluding hydrogens is 409 g/mol. The molecule has 2 heterocycles. The van der Waals surface area contributed by atoms with E-state index in [1.807, 2.05) is 0 Å². The Morgan fingerprint density at radius 1 is 0.929 bits per heavy atom. The Morgan fingerprint density at radius 3 is 2.39 bits per heavy atom. The third-order valence-electron chi connectivity index (χ3n) is 4.03. The second-order valence-corrected chi connectivity index (χ2v) is 6.67. The molecule has 0 radical (unpaired) electrons. The lowest BCUT2D eigenvalue weighted by atomic mass is 10.0. The molecule has 0 bridgehead atoms. The number of fused-ring (bicyclic) bond motifs is 1. The lowest BCUT2D eigenvalue weighted by Gasteiger charge is -2.11. The molecule has 0 fully saturated rings. The molecule has 2 aromatic heterocycles. The first-order valence-corrected chi connectivity index (χ1v) is 8.79. The van der Waals surface area contributed by atoms with Crippen LogP contribution in [-0.4, -0.2) is 9.61 Å². The number of benzene rings is 2. The van der Waals surface area contributed by atoms with Gasteiger partial charge in [-0.25, -0.2) is 13.3 Å². The summed E-state index contributed by atoms with van der Waals surface area (Å²) in [7, 11) is 0. The molecular formula is C20H10Cl2F2N2O2. The molecule has 2 aromatic carbocycles. The molecule has 8 heteroatoms. The number of hydrogen-bond donors (Lipinski definition) is 0. The van der Waals surface area contributed by atoms with Gasteiger partial charge in [-0.1, -0.05) is 29.3 Å². The second-order valence-electron chi connectivity index (χ2n) is 5.83. The van der Waals surface area contributed by atoms with Crippen LogP contribution >= 0.6 is 23.2 Å². The maximum atomic E-state index is 14.2. The highest BCUT2D eigenvalue weighted by molar-refractivity contribution is 6.35. The van der Waals surface area contributed by atoms with Crippen molar-refractivity contribution in [2.75, 3.05) is 0 Å². The highest BCUT2D eigenvalue weighted by Crippen LogP contribution is 2.32. The van der Waals surface area contributed by atoms with Crippen molar-refractivity contribution in [1.82, 2.24) is 9.61 Å². The lowest BCUT2D eigenvalue weighted by Crippen LogP contribution is -2.11. The number of aromatic nitrogens is 2. The van der Waals surface area contributed by atoms with Crippen LogP contribution in [0.3, 0.4) is 0 Å². The summed E-state index contributed by atoms with van der Waals surface area (Å²) in [5.74, 6) is -1.17. The number of ether oxygens (including phenoxy) is 1. The molecule has 0 aliphatic rings. The molecule has 0 saturated heterocycles. The van der Waals surface area contributed by atoms with E-state index in [1.54, 1.807) is 12.1 Å². The van der Waals surface area contributed by atoms with Crippen molar-refractivity contribution in [3.05, 3.63) is 92.7 Å². The molecule has 0 aliphatic carbocycles. The minimum absolute atomic E-state index is 0.123. The lowest BCUT2D eigenvalue weighted by molar-refractivity contribution is 0.452. The van der Waals surface area contributed by atoms with Gasteiger partial charge in [0.05, 0.1) is 21.7 Å². The zero-order chi connectivity index (χ0) is 19.8. The van der Waals surface area contributed by atoms with E-state index in [-0.39, 0.29) is 17.0 Å². The fraction of sp³-hybridized carbons (Fsp3) is 0. The van der Waals surface area contributed by atoms with Crippen molar-refractivity contribution < 1.29 is 13.5 Å². The van der Waals surface area contributed by atoms with Gasteiger partial charge in [0.25, 0.3) is 0 Å². The first-order valence-electron chi connectivity index (χ1n) is 8.04. The van der Waals surface area contributed by atoms with Crippen molar-refractivity contribution in [3.8, 4) is 22.8 Å². The summed E-state index contributed by atoms with van der Waals surface area (Å²) in [6.45, 7) is 0. The molecule has 0 N–H and O–H groups in total. The van der Waals surface area contributed by atoms with Crippen LogP contribution in [0.5, 0.6) is 11.6 Å². The van der Waals surface area contributed by atoms with E-state index in [0.717, 1.165) is 12.1 Å². The summed E-state index contributed by atoms with van der Waals surface area (Å²) >= 11 is 12.0. The van der Waals surface area contributed by atoms with E-state index >= 15 is 0 Å². The van der Waals surface area contributed by atoms with Crippen LogP contribution in [0, 0.1) is 11.6 Å². The predicted molar refractivity (Wildman–Crippen MR) is 103 cm³/mol. The van der Waals surface area contributed by atoms with Gasteiger partial charge in [-0.3, -0.25) is 4.79 Å². The van der Waals surface area contributed by atoms with E-state index in [4.69, 9.17) is 27.9 Å². The van der Waals surface area contributed by atoms with Crippen LogP contribution in [-0.2, 0) is 0 Å². The Balaban J connectivity index is 1.84. The van der Waals surface area contributed by atoms with E-state index in [9.17, 15) is 13.6 Å². The minimum atomic E-state index is -0.835. The largest absolute Gasteiger partial charge is 0.436 e. The van der Waals surface area contributed by atoms with E-state index < -0.39 is 22.6 Å². The Morgan fingerprint density at radius 2 is 1.68 bits per heavy atom. The maximum absolute atomic E-state index is 14.2. The van der Waals surface area contributed by atoms with Gasteiger partial charge in [-0.05, 0) is 36.4 Å². The normalized spacial score (nSPS) is 11.0. The van der Waals surface area contributed by atoms with Crippen LogP contribution in [0.15, 0.2) is 65.6 Å². The number of hydrogen-bond acceptors (Lipinski definition) is 3. The SMILES string of the molecule is O=c1ccn2nc(Oc3ccc(Cl)cc3Cl)ccc2c1-c1c(F)cccc1F. The summed E-state index contributed by atoms with van der Waals surface area (Å²) in [5, 5.41) is 4.99. The fourth-order valence-corrected chi connectivity index (χ4v) is 3.24. The summed E-state index contributed by atoms with van der Waals surface area (Å²) in [6.07, 6.45) is 1.39. The summed E-state index contributed by atoms with van der Waals surface area (Å²) in [5.41, 5.74) is -0.824. The van der Waals surface area contributed by atoms with Gasteiger partial charge in [0.15, 0.2) is 5.43 Å². The fourth-order valence-electron chi connectivity index (χ4n) is 2.79. The van der Waals surface area contributed by atoms with Crippen molar-refractivity contribution in [1.29, 1.82) is 0 Å². The average molecular weight is 419 g/mol. The summed E-state index contributed by atoms with van der Waals surface area (Å²) in [4.78, 5) is 12.4. The molecule has 0 saturated carbocycles. The van der Waals surface area contributed by atoms with Crippen LogP contribution in [0.25, 0.3) is 16.6 Å². The zero-order valence-electron chi connectivity index (χ0n) is 14.0. The first kappa shape index (κ1) is 18.4. The van der Waals surface area contributed by atoms with Crippen molar-refractivity contribution >= 4 is 28.7 Å². The molecule has 0 aliphatic heterocycles. The number of pyridine rings is 1. The monoisotopic (exact) mass is 418 g/mol. The van der Waals surface area contributed by atoms with Crippen LogP contribution < -0.4 is 10.2 Å². The van der Waals surface area contributed by atoms with Crippen LogP contribution in [0.1, 0.15) is 0 Å². The smallest absolute Gasteiger partial charge is 0.237 e. The summed E-state index contributed by atoms with van der Waals surface area (Å²) in [6, 6.07) is 12.3. The van der Waals surface area contributed by atoms with Gasteiger partial charge in [-0.15, -0.1) is 5.10 Å². The van der Waals surface area contributed by atoms with Gasteiger partial charge in [0.2, 0.25) is 5.88 Å². The van der Waals surface area contributed by atoms with Gasteiger partial charge in [-0.2, -0.15) is 0 Å². The topological polar surface area (TPSA) is 43.6 Å². The molecule has 0 atom stereocenters. The molecule has 0 spiro atoms. The Hall–Kier alpha value is -2.96. The molecule has 0 unspecified atom stereocenters. The second kappa shape index (κ2) is 7.22. The van der Waals surface area contributed by atoms with Gasteiger partial charge < -0.3 is 4.74 Å². The maximum Gasteiger partial charge on any atom is 0.237 e. The standard InChI is InChI=1S/C20H10Cl2F2N2O2/c21-11-4-6-17(12(22)10-11)28-18-7-5-15-20(16(27)8-9-26(15)25-18)19-13(23)2-1-3-14(19)24/h1-10H. The highest BCUT2D eigenvalue weighted by atomic mass is 35.5. The van der Waals surface area contributed by atoms with Crippen molar-refractivity contribution in [2.24, 2.45) is 0 Å². The Kier molecular flexibility index (Phi) is 4.75.